The van der Waals surface area contributed by atoms with Crippen LogP contribution in [0.15, 0.2) is 41.1 Å². The van der Waals surface area contributed by atoms with Crippen molar-refractivity contribution in [2.24, 2.45) is 11.7 Å². The largest absolute Gasteiger partial charge is 0.325 e. The highest BCUT2D eigenvalue weighted by Crippen LogP contribution is 2.32. The van der Waals surface area contributed by atoms with Crippen LogP contribution in [0.4, 0.5) is 5.95 Å². The van der Waals surface area contributed by atoms with E-state index in [0.29, 0.717) is 12.5 Å². The van der Waals surface area contributed by atoms with Gasteiger partial charge in [-0.05, 0) is 37.5 Å². The number of halogens is 2. The zero-order valence-electron chi connectivity index (χ0n) is 14.2. The number of carbonyl (C=O) groups is 1. The smallest absolute Gasteiger partial charge is 0.231 e. The molecule has 1 heterocycles. The molecule has 0 bridgehead atoms. The first-order valence-corrected chi connectivity index (χ1v) is 9.10. The second-order valence-electron chi connectivity index (χ2n) is 6.80. The lowest BCUT2D eigenvalue weighted by Gasteiger charge is -2.37. The fourth-order valence-electron chi connectivity index (χ4n) is 3.33. The van der Waals surface area contributed by atoms with Crippen molar-refractivity contribution < 1.29 is 4.79 Å². The van der Waals surface area contributed by atoms with Crippen LogP contribution in [0.25, 0.3) is 0 Å². The molecule has 0 radical (unpaired) electrons. The average molecular weight is 428 g/mol. The van der Waals surface area contributed by atoms with Gasteiger partial charge in [0, 0.05) is 22.4 Å². The molecule has 2 atom stereocenters. The Morgan fingerprint density at radius 3 is 2.80 bits per heavy atom. The van der Waals surface area contributed by atoms with Crippen LogP contribution in [-0.2, 0) is 11.3 Å². The molecule has 1 aromatic carbocycles. The van der Waals surface area contributed by atoms with Crippen molar-refractivity contribution in [2.45, 2.75) is 44.7 Å². The minimum Gasteiger partial charge on any atom is -0.325 e. The summed E-state index contributed by atoms with van der Waals surface area (Å²) in [6, 6.07) is 8.11. The molecule has 3 N–H and O–H groups in total. The molecule has 1 aromatic heterocycles. The highest BCUT2D eigenvalue weighted by molar-refractivity contribution is 9.10. The molecule has 0 aliphatic heterocycles. The van der Waals surface area contributed by atoms with Gasteiger partial charge in [-0.3, -0.25) is 10.1 Å². The molecule has 1 aliphatic rings. The predicted octanol–water partition coefficient (Wildman–Crippen LogP) is 3.96. The monoisotopic (exact) mass is 426 g/mol. The number of anilines is 1. The van der Waals surface area contributed by atoms with Crippen molar-refractivity contribution >= 4 is 40.2 Å². The number of hydrogen-bond acceptors (Lipinski definition) is 3. The number of carbonyl (C=O) groups excluding carboxylic acids is 1. The summed E-state index contributed by atoms with van der Waals surface area (Å²) < 4.78 is 2.99. The molecule has 3 rings (SSSR count). The van der Waals surface area contributed by atoms with E-state index in [-0.39, 0.29) is 24.2 Å². The van der Waals surface area contributed by atoms with Gasteiger partial charge < -0.3 is 10.3 Å². The molecule has 25 heavy (non-hydrogen) atoms. The van der Waals surface area contributed by atoms with Gasteiger partial charge in [-0.15, -0.1) is 12.4 Å². The summed E-state index contributed by atoms with van der Waals surface area (Å²) in [6.45, 7) is 2.64. The standard InChI is InChI=1S/C18H23BrN4O.ClH/c1-18(20)9-3-2-4-15(18)16(24)22-17-21-10-11-23(17)12-13-5-7-14(19)8-6-13;/h5-8,10-11,15H,2-4,9,12,20H2,1H3,(H,21,22,24);1H. The van der Waals surface area contributed by atoms with E-state index in [1.807, 2.05) is 42.0 Å². The van der Waals surface area contributed by atoms with Gasteiger partial charge in [-0.1, -0.05) is 40.9 Å². The Hall–Kier alpha value is -1.37. The molecule has 1 aliphatic carbocycles. The number of nitrogens with two attached hydrogens (primary N) is 1. The van der Waals surface area contributed by atoms with Crippen LogP contribution < -0.4 is 11.1 Å². The number of hydrogen-bond donors (Lipinski definition) is 2. The SMILES string of the molecule is CC1(N)CCCCC1C(=O)Nc1nccn1Cc1ccc(Br)cc1.Cl. The zero-order valence-corrected chi connectivity index (χ0v) is 16.6. The first kappa shape index (κ1) is 19.9. The number of amides is 1. The van der Waals surface area contributed by atoms with E-state index in [4.69, 9.17) is 5.73 Å². The Kier molecular flexibility index (Phi) is 6.65. The van der Waals surface area contributed by atoms with Crippen molar-refractivity contribution in [2.75, 3.05) is 5.32 Å². The summed E-state index contributed by atoms with van der Waals surface area (Å²) in [5, 5.41) is 2.97. The first-order valence-electron chi connectivity index (χ1n) is 8.31. The fraction of sp³-hybridized carbons (Fsp3) is 0.444. The summed E-state index contributed by atoms with van der Waals surface area (Å²) in [4.78, 5) is 17.0. The Balaban J connectivity index is 0.00000225. The molecule has 5 nitrogen and oxygen atoms in total. The maximum Gasteiger partial charge on any atom is 0.231 e. The molecule has 1 saturated carbocycles. The predicted molar refractivity (Wildman–Crippen MR) is 106 cm³/mol. The maximum absolute atomic E-state index is 12.7. The summed E-state index contributed by atoms with van der Waals surface area (Å²) in [5.74, 6) is 0.385. The number of nitrogens with one attached hydrogen (secondary N) is 1. The van der Waals surface area contributed by atoms with Gasteiger partial charge in [0.1, 0.15) is 0 Å². The topological polar surface area (TPSA) is 72.9 Å². The second kappa shape index (κ2) is 8.34. The van der Waals surface area contributed by atoms with E-state index in [0.717, 1.165) is 35.7 Å². The summed E-state index contributed by atoms with van der Waals surface area (Å²) in [6.07, 6.45) is 7.45. The van der Waals surface area contributed by atoms with Crippen molar-refractivity contribution in [1.82, 2.24) is 9.55 Å². The van der Waals surface area contributed by atoms with E-state index >= 15 is 0 Å². The van der Waals surface area contributed by atoms with E-state index in [9.17, 15) is 4.79 Å². The fourth-order valence-corrected chi connectivity index (χ4v) is 3.60. The Morgan fingerprint density at radius 1 is 1.40 bits per heavy atom. The molecule has 1 fully saturated rings. The van der Waals surface area contributed by atoms with E-state index in [1.54, 1.807) is 6.20 Å². The third kappa shape index (κ3) is 4.84. The number of imidazole rings is 1. The number of rotatable bonds is 4. The van der Waals surface area contributed by atoms with Gasteiger partial charge in [-0.2, -0.15) is 0 Å². The average Bonchev–Trinajstić information content (AvgIpc) is 2.96. The third-order valence-electron chi connectivity index (χ3n) is 4.79. The van der Waals surface area contributed by atoms with E-state index in [2.05, 4.69) is 26.2 Å². The van der Waals surface area contributed by atoms with Crippen molar-refractivity contribution in [1.29, 1.82) is 0 Å². The van der Waals surface area contributed by atoms with Crippen LogP contribution in [0.1, 0.15) is 38.2 Å². The van der Waals surface area contributed by atoms with Crippen LogP contribution in [0.5, 0.6) is 0 Å². The Labute approximate surface area is 162 Å². The third-order valence-corrected chi connectivity index (χ3v) is 5.32. The van der Waals surface area contributed by atoms with Gasteiger partial charge >= 0.3 is 0 Å². The highest BCUT2D eigenvalue weighted by atomic mass is 79.9. The normalized spacial score (nSPS) is 22.9. The van der Waals surface area contributed by atoms with Crippen molar-refractivity contribution in [3.63, 3.8) is 0 Å². The number of benzene rings is 1. The van der Waals surface area contributed by atoms with Crippen molar-refractivity contribution in [3.05, 3.63) is 46.7 Å². The second-order valence-corrected chi connectivity index (χ2v) is 7.71. The first-order chi connectivity index (χ1) is 11.5. The molecule has 2 aromatic rings. The lowest BCUT2D eigenvalue weighted by Crippen LogP contribution is -2.51. The molecular formula is C18H24BrClN4O. The quantitative estimate of drug-likeness (QED) is 0.775. The van der Waals surface area contributed by atoms with Gasteiger partial charge in [0.2, 0.25) is 11.9 Å². The minimum atomic E-state index is -0.439. The number of aromatic nitrogens is 2. The van der Waals surface area contributed by atoms with Gasteiger partial charge in [0.15, 0.2) is 0 Å². The van der Waals surface area contributed by atoms with Crippen LogP contribution in [-0.4, -0.2) is 21.0 Å². The highest BCUT2D eigenvalue weighted by Gasteiger charge is 2.38. The molecule has 136 valence electrons. The lowest BCUT2D eigenvalue weighted by molar-refractivity contribution is -0.122. The maximum atomic E-state index is 12.7. The van der Waals surface area contributed by atoms with E-state index < -0.39 is 5.54 Å². The molecule has 0 saturated heterocycles. The molecule has 7 heteroatoms. The zero-order chi connectivity index (χ0) is 17.2. The van der Waals surface area contributed by atoms with E-state index in [1.165, 1.54) is 0 Å². The van der Waals surface area contributed by atoms with Crippen LogP contribution in [0.2, 0.25) is 0 Å². The molecule has 1 amide bonds. The van der Waals surface area contributed by atoms with Crippen LogP contribution in [0.3, 0.4) is 0 Å². The summed E-state index contributed by atoms with van der Waals surface area (Å²) in [7, 11) is 0. The molecule has 0 spiro atoms. The van der Waals surface area contributed by atoms with Crippen LogP contribution in [0, 0.1) is 5.92 Å². The van der Waals surface area contributed by atoms with Gasteiger partial charge in [0.05, 0.1) is 12.5 Å². The van der Waals surface area contributed by atoms with Gasteiger partial charge in [0.25, 0.3) is 0 Å². The van der Waals surface area contributed by atoms with Crippen LogP contribution >= 0.6 is 28.3 Å². The summed E-state index contributed by atoms with van der Waals surface area (Å²) in [5.41, 5.74) is 7.04. The molecular weight excluding hydrogens is 404 g/mol. The van der Waals surface area contributed by atoms with Gasteiger partial charge in [-0.25, -0.2) is 4.98 Å². The minimum absolute atomic E-state index is 0. The summed E-state index contributed by atoms with van der Waals surface area (Å²) >= 11 is 3.44. The Bertz CT molecular complexity index is 714. The Morgan fingerprint density at radius 2 is 2.12 bits per heavy atom. The lowest BCUT2D eigenvalue weighted by atomic mass is 9.74. The molecule has 2 unspecified atom stereocenters. The van der Waals surface area contributed by atoms with Crippen molar-refractivity contribution in [3.8, 4) is 0 Å². The number of nitrogens with zero attached hydrogens (tertiary/aromatic N) is 2.